The van der Waals surface area contributed by atoms with Gasteiger partial charge in [-0.05, 0) is 25.2 Å². The molecule has 1 rings (SSSR count). The Balaban J connectivity index is 2.53. The number of carbonyl (C=O) groups is 1. The van der Waals surface area contributed by atoms with E-state index in [1.807, 2.05) is 11.8 Å². The van der Waals surface area contributed by atoms with Crippen molar-refractivity contribution in [2.75, 3.05) is 6.54 Å². The van der Waals surface area contributed by atoms with Gasteiger partial charge in [0.15, 0.2) is 0 Å². The van der Waals surface area contributed by atoms with Crippen LogP contribution in [-0.2, 0) is 4.79 Å². The maximum absolute atomic E-state index is 11.7. The van der Waals surface area contributed by atoms with Gasteiger partial charge in [-0.25, -0.2) is 0 Å². The van der Waals surface area contributed by atoms with Crippen molar-refractivity contribution in [3.8, 4) is 0 Å². The monoisotopic (exact) mass is 182 g/mol. The van der Waals surface area contributed by atoms with Gasteiger partial charge in [-0.3, -0.25) is 4.79 Å². The van der Waals surface area contributed by atoms with Crippen LogP contribution in [0.15, 0.2) is 0 Å². The average Bonchev–Trinajstić information content (AvgIpc) is 2.16. The molecule has 0 aromatic heterocycles. The Labute approximate surface area is 81.1 Å². The lowest BCUT2D eigenvalue weighted by Gasteiger charge is -2.35. The van der Waals surface area contributed by atoms with Crippen LogP contribution in [0.2, 0.25) is 0 Å². The average molecular weight is 182 g/mol. The van der Waals surface area contributed by atoms with Gasteiger partial charge in [0.1, 0.15) is 7.85 Å². The van der Waals surface area contributed by atoms with Crippen LogP contribution < -0.4 is 5.73 Å². The van der Waals surface area contributed by atoms with Crippen LogP contribution in [0.4, 0.5) is 0 Å². The zero-order valence-corrected chi connectivity index (χ0v) is 8.62. The molecule has 0 aliphatic carbocycles. The SMILES string of the molecule is BC1CCCCN1C(=O)C(N)CC. The second-order valence-corrected chi connectivity index (χ2v) is 3.89. The van der Waals surface area contributed by atoms with E-state index in [0.717, 1.165) is 25.8 Å². The second kappa shape index (κ2) is 4.65. The number of nitrogens with zero attached hydrogens (tertiary/aromatic N) is 1. The molecule has 4 heteroatoms. The van der Waals surface area contributed by atoms with E-state index in [0.29, 0.717) is 5.94 Å². The summed E-state index contributed by atoms with van der Waals surface area (Å²) >= 11 is 0. The number of piperidine rings is 1. The molecule has 1 aliphatic heterocycles. The van der Waals surface area contributed by atoms with Gasteiger partial charge in [0.05, 0.1) is 6.04 Å². The predicted molar refractivity (Wildman–Crippen MR) is 56.2 cm³/mol. The molecule has 0 bridgehead atoms. The zero-order chi connectivity index (χ0) is 9.84. The Morgan fingerprint density at radius 1 is 1.69 bits per heavy atom. The smallest absolute Gasteiger partial charge is 0.239 e. The van der Waals surface area contributed by atoms with Gasteiger partial charge in [-0.15, -0.1) is 0 Å². The molecule has 74 valence electrons. The highest BCUT2D eigenvalue weighted by molar-refractivity contribution is 6.13. The Morgan fingerprint density at radius 2 is 2.38 bits per heavy atom. The topological polar surface area (TPSA) is 46.3 Å². The minimum atomic E-state index is -0.291. The molecule has 0 aromatic rings. The maximum atomic E-state index is 11.7. The number of carbonyl (C=O) groups excluding carboxylic acids is 1. The second-order valence-electron chi connectivity index (χ2n) is 3.89. The van der Waals surface area contributed by atoms with Gasteiger partial charge in [0.25, 0.3) is 0 Å². The van der Waals surface area contributed by atoms with Crippen LogP contribution in [0, 0.1) is 0 Å². The van der Waals surface area contributed by atoms with Gasteiger partial charge >= 0.3 is 0 Å². The highest BCUT2D eigenvalue weighted by Gasteiger charge is 2.25. The Bertz CT molecular complexity index is 186. The van der Waals surface area contributed by atoms with Gasteiger partial charge < -0.3 is 10.6 Å². The molecule has 1 saturated heterocycles. The van der Waals surface area contributed by atoms with Crippen molar-refractivity contribution >= 4 is 13.8 Å². The van der Waals surface area contributed by atoms with Crippen molar-refractivity contribution in [1.82, 2.24) is 4.90 Å². The molecule has 1 aliphatic rings. The molecule has 1 heterocycles. The van der Waals surface area contributed by atoms with Crippen molar-refractivity contribution in [2.45, 2.75) is 44.6 Å². The van der Waals surface area contributed by atoms with Crippen molar-refractivity contribution in [3.63, 3.8) is 0 Å². The third-order valence-corrected chi connectivity index (χ3v) is 2.84. The van der Waals surface area contributed by atoms with Crippen LogP contribution >= 0.6 is 0 Å². The minimum Gasteiger partial charge on any atom is -0.347 e. The Hall–Kier alpha value is -0.505. The largest absolute Gasteiger partial charge is 0.347 e. The summed E-state index contributed by atoms with van der Waals surface area (Å²) in [4.78, 5) is 13.7. The van der Waals surface area contributed by atoms with Gasteiger partial charge in [-0.1, -0.05) is 13.3 Å². The number of hydrogen-bond donors (Lipinski definition) is 1. The molecule has 0 aromatic carbocycles. The Kier molecular flexibility index (Phi) is 3.79. The third-order valence-electron chi connectivity index (χ3n) is 2.84. The first-order chi connectivity index (χ1) is 6.16. The van der Waals surface area contributed by atoms with Crippen LogP contribution in [-0.4, -0.2) is 37.2 Å². The quantitative estimate of drug-likeness (QED) is 0.595. The summed E-state index contributed by atoms with van der Waals surface area (Å²) in [7, 11) is 2.11. The predicted octanol–water partition coefficient (Wildman–Crippen LogP) is -0.305. The number of amides is 1. The molecular formula is C9H19BN2O. The van der Waals surface area contributed by atoms with E-state index in [4.69, 9.17) is 5.73 Å². The fraction of sp³-hybridized carbons (Fsp3) is 0.889. The molecule has 3 nitrogen and oxygen atoms in total. The van der Waals surface area contributed by atoms with Gasteiger partial charge in [0, 0.05) is 6.54 Å². The minimum absolute atomic E-state index is 0.134. The fourth-order valence-electron chi connectivity index (χ4n) is 1.81. The number of nitrogens with two attached hydrogens (primary N) is 1. The first-order valence-corrected chi connectivity index (χ1v) is 5.23. The summed E-state index contributed by atoms with van der Waals surface area (Å²) in [6.45, 7) is 2.85. The fourth-order valence-corrected chi connectivity index (χ4v) is 1.81. The van der Waals surface area contributed by atoms with Crippen LogP contribution in [0.5, 0.6) is 0 Å². The van der Waals surface area contributed by atoms with Crippen LogP contribution in [0.25, 0.3) is 0 Å². The Morgan fingerprint density at radius 3 is 2.92 bits per heavy atom. The van der Waals surface area contributed by atoms with Crippen molar-refractivity contribution in [3.05, 3.63) is 0 Å². The lowest BCUT2D eigenvalue weighted by Crippen LogP contribution is -2.50. The highest BCUT2D eigenvalue weighted by atomic mass is 16.2. The molecule has 13 heavy (non-hydrogen) atoms. The summed E-state index contributed by atoms with van der Waals surface area (Å²) in [5, 5.41) is 0. The molecule has 0 spiro atoms. The van der Waals surface area contributed by atoms with Crippen molar-refractivity contribution in [1.29, 1.82) is 0 Å². The molecule has 0 saturated carbocycles. The first kappa shape index (κ1) is 10.6. The molecule has 2 atom stereocenters. The van der Waals surface area contributed by atoms with E-state index < -0.39 is 0 Å². The first-order valence-electron chi connectivity index (χ1n) is 5.23. The summed E-state index contributed by atoms with van der Waals surface area (Å²) in [6.07, 6.45) is 4.24. The molecule has 0 radical (unpaired) electrons. The zero-order valence-electron chi connectivity index (χ0n) is 8.62. The van der Waals surface area contributed by atoms with Crippen LogP contribution in [0.3, 0.4) is 0 Å². The van der Waals surface area contributed by atoms with Crippen molar-refractivity contribution in [2.24, 2.45) is 5.73 Å². The normalized spacial score (nSPS) is 25.7. The number of hydrogen-bond acceptors (Lipinski definition) is 2. The highest BCUT2D eigenvalue weighted by Crippen LogP contribution is 2.15. The molecule has 1 amide bonds. The lowest BCUT2D eigenvalue weighted by atomic mass is 9.86. The van der Waals surface area contributed by atoms with Crippen molar-refractivity contribution < 1.29 is 4.79 Å². The van der Waals surface area contributed by atoms with E-state index >= 15 is 0 Å². The standard InChI is InChI=1S/C9H19BN2O/c1-2-7(11)9(13)12-6-4-3-5-8(12)10/h7-8H,2-6,10-11H2,1H3. The maximum Gasteiger partial charge on any atom is 0.239 e. The molecule has 2 N–H and O–H groups in total. The van der Waals surface area contributed by atoms with E-state index in [2.05, 4.69) is 7.85 Å². The summed E-state index contributed by atoms with van der Waals surface area (Å²) < 4.78 is 0. The summed E-state index contributed by atoms with van der Waals surface area (Å²) in [5.74, 6) is 0.522. The lowest BCUT2D eigenvalue weighted by molar-refractivity contribution is -0.134. The van der Waals surface area contributed by atoms with E-state index in [1.54, 1.807) is 0 Å². The van der Waals surface area contributed by atoms with E-state index in [9.17, 15) is 4.79 Å². The van der Waals surface area contributed by atoms with Gasteiger partial charge in [-0.2, -0.15) is 0 Å². The number of rotatable bonds is 2. The summed E-state index contributed by atoms with van der Waals surface area (Å²) in [6, 6.07) is -0.291. The summed E-state index contributed by atoms with van der Waals surface area (Å²) in [5.41, 5.74) is 5.72. The molecule has 1 fully saturated rings. The molecule has 2 unspecified atom stereocenters. The van der Waals surface area contributed by atoms with E-state index in [-0.39, 0.29) is 11.9 Å². The van der Waals surface area contributed by atoms with E-state index in [1.165, 1.54) is 6.42 Å². The van der Waals surface area contributed by atoms with Gasteiger partial charge in [0.2, 0.25) is 5.91 Å². The van der Waals surface area contributed by atoms with Crippen LogP contribution in [0.1, 0.15) is 32.6 Å². The molecular weight excluding hydrogens is 163 g/mol. The number of likely N-dealkylation sites (tertiary alicyclic amines) is 1. The third kappa shape index (κ3) is 2.47.